The van der Waals surface area contributed by atoms with Crippen LogP contribution in [0, 0.1) is 6.92 Å². The van der Waals surface area contributed by atoms with Gasteiger partial charge in [0.1, 0.15) is 11.6 Å². The number of carbonyl (C=O) groups excluding carboxylic acids is 1. The predicted octanol–water partition coefficient (Wildman–Crippen LogP) is 0.692. The number of rotatable bonds is 3. The van der Waals surface area contributed by atoms with Crippen molar-refractivity contribution in [1.29, 1.82) is 0 Å². The second kappa shape index (κ2) is 5.22. The second-order valence-corrected chi connectivity index (χ2v) is 3.71. The van der Waals surface area contributed by atoms with Gasteiger partial charge < -0.3 is 11.1 Å². The molecule has 2 rings (SSSR count). The van der Waals surface area contributed by atoms with Crippen LogP contribution in [0.15, 0.2) is 30.6 Å². The fourth-order valence-electron chi connectivity index (χ4n) is 1.48. The molecule has 0 aromatic carbocycles. The minimum Gasteiger partial charge on any atom is -0.383 e. The predicted molar refractivity (Wildman–Crippen MR) is 66.6 cm³/mol. The van der Waals surface area contributed by atoms with Crippen molar-refractivity contribution < 1.29 is 4.79 Å². The molecule has 0 aliphatic rings. The van der Waals surface area contributed by atoms with E-state index in [-0.39, 0.29) is 11.7 Å². The summed E-state index contributed by atoms with van der Waals surface area (Å²) in [6, 6.07) is 5.04. The number of pyridine rings is 1. The molecule has 18 heavy (non-hydrogen) atoms. The zero-order chi connectivity index (χ0) is 13.0. The van der Waals surface area contributed by atoms with Crippen LogP contribution in [0.1, 0.15) is 21.9 Å². The molecule has 0 saturated heterocycles. The molecule has 2 aromatic rings. The number of nitrogen functional groups attached to an aromatic ring is 1. The Kier molecular flexibility index (Phi) is 3.47. The van der Waals surface area contributed by atoms with Gasteiger partial charge in [-0.25, -0.2) is 15.0 Å². The standard InChI is InChI=1S/C12H13N5O/c1-8-14-6-4-9(17-8)7-16-12(18)10-3-2-5-15-11(10)13/h2-6H,7H2,1H3,(H2,13,15)(H,16,18). The van der Waals surface area contributed by atoms with Gasteiger partial charge in [0, 0.05) is 12.4 Å². The maximum absolute atomic E-state index is 11.8. The van der Waals surface area contributed by atoms with Gasteiger partial charge in [-0.1, -0.05) is 0 Å². The van der Waals surface area contributed by atoms with Crippen LogP contribution in [0.2, 0.25) is 0 Å². The zero-order valence-corrected chi connectivity index (χ0v) is 9.92. The number of nitrogens with zero attached hydrogens (tertiary/aromatic N) is 3. The average molecular weight is 243 g/mol. The van der Waals surface area contributed by atoms with Crippen LogP contribution in [0.4, 0.5) is 5.82 Å². The van der Waals surface area contributed by atoms with E-state index in [0.29, 0.717) is 17.9 Å². The van der Waals surface area contributed by atoms with E-state index in [2.05, 4.69) is 20.3 Å². The van der Waals surface area contributed by atoms with E-state index >= 15 is 0 Å². The van der Waals surface area contributed by atoms with Gasteiger partial charge in [0.25, 0.3) is 5.91 Å². The van der Waals surface area contributed by atoms with Gasteiger partial charge in [0.15, 0.2) is 0 Å². The number of aryl methyl sites for hydroxylation is 1. The molecule has 6 nitrogen and oxygen atoms in total. The van der Waals surface area contributed by atoms with Gasteiger partial charge in [-0.15, -0.1) is 0 Å². The van der Waals surface area contributed by atoms with Gasteiger partial charge in [-0.2, -0.15) is 0 Å². The Morgan fingerprint density at radius 1 is 1.33 bits per heavy atom. The third-order valence-corrected chi connectivity index (χ3v) is 2.35. The highest BCUT2D eigenvalue weighted by molar-refractivity contribution is 5.98. The lowest BCUT2D eigenvalue weighted by atomic mass is 10.2. The number of carbonyl (C=O) groups is 1. The van der Waals surface area contributed by atoms with E-state index in [1.54, 1.807) is 37.5 Å². The number of nitrogens with two attached hydrogens (primary N) is 1. The van der Waals surface area contributed by atoms with Crippen molar-refractivity contribution in [1.82, 2.24) is 20.3 Å². The molecule has 0 bridgehead atoms. The number of anilines is 1. The van der Waals surface area contributed by atoms with Gasteiger partial charge in [-0.3, -0.25) is 4.79 Å². The van der Waals surface area contributed by atoms with Crippen molar-refractivity contribution in [3.63, 3.8) is 0 Å². The first-order valence-corrected chi connectivity index (χ1v) is 5.44. The second-order valence-electron chi connectivity index (χ2n) is 3.71. The number of hydrogen-bond donors (Lipinski definition) is 2. The summed E-state index contributed by atoms with van der Waals surface area (Å²) in [6.45, 7) is 2.13. The molecule has 0 saturated carbocycles. The summed E-state index contributed by atoms with van der Waals surface area (Å²) in [4.78, 5) is 23.9. The van der Waals surface area contributed by atoms with Crippen molar-refractivity contribution in [2.75, 3.05) is 5.73 Å². The molecule has 0 unspecified atom stereocenters. The molecule has 3 N–H and O–H groups in total. The minimum atomic E-state index is -0.267. The van der Waals surface area contributed by atoms with Crippen LogP contribution in [0.5, 0.6) is 0 Å². The van der Waals surface area contributed by atoms with Crippen molar-refractivity contribution in [3.05, 3.63) is 47.7 Å². The van der Waals surface area contributed by atoms with Crippen molar-refractivity contribution in [2.45, 2.75) is 13.5 Å². The molecule has 0 radical (unpaired) electrons. The van der Waals surface area contributed by atoms with Crippen LogP contribution in [0.3, 0.4) is 0 Å². The van der Waals surface area contributed by atoms with E-state index in [9.17, 15) is 4.79 Å². The van der Waals surface area contributed by atoms with E-state index in [4.69, 9.17) is 5.73 Å². The molecule has 0 spiro atoms. The summed E-state index contributed by atoms with van der Waals surface area (Å²) in [5.41, 5.74) is 6.73. The maximum atomic E-state index is 11.8. The smallest absolute Gasteiger partial charge is 0.255 e. The number of amides is 1. The quantitative estimate of drug-likeness (QED) is 0.827. The molecule has 6 heteroatoms. The number of aromatic nitrogens is 3. The van der Waals surface area contributed by atoms with E-state index in [1.807, 2.05) is 0 Å². The lowest BCUT2D eigenvalue weighted by Crippen LogP contribution is -2.24. The highest BCUT2D eigenvalue weighted by Gasteiger charge is 2.09. The van der Waals surface area contributed by atoms with Gasteiger partial charge in [0.2, 0.25) is 0 Å². The van der Waals surface area contributed by atoms with Crippen molar-refractivity contribution in [3.8, 4) is 0 Å². The molecule has 1 amide bonds. The van der Waals surface area contributed by atoms with Crippen molar-refractivity contribution in [2.24, 2.45) is 0 Å². The summed E-state index contributed by atoms with van der Waals surface area (Å²) in [5.74, 6) is 0.619. The monoisotopic (exact) mass is 243 g/mol. The largest absolute Gasteiger partial charge is 0.383 e. The van der Waals surface area contributed by atoms with Crippen LogP contribution in [-0.4, -0.2) is 20.9 Å². The summed E-state index contributed by atoms with van der Waals surface area (Å²) in [7, 11) is 0. The SMILES string of the molecule is Cc1nccc(CNC(=O)c2cccnc2N)n1. The highest BCUT2D eigenvalue weighted by Crippen LogP contribution is 2.06. The topological polar surface area (TPSA) is 93.8 Å². The van der Waals surface area contributed by atoms with Crippen molar-refractivity contribution >= 4 is 11.7 Å². The maximum Gasteiger partial charge on any atom is 0.255 e. The fraction of sp³-hybridized carbons (Fsp3) is 0.167. The molecule has 0 aliphatic heterocycles. The van der Waals surface area contributed by atoms with E-state index in [0.717, 1.165) is 5.69 Å². The van der Waals surface area contributed by atoms with Crippen LogP contribution >= 0.6 is 0 Å². The Hall–Kier alpha value is -2.50. The third kappa shape index (κ3) is 2.79. The average Bonchev–Trinajstić information content (AvgIpc) is 2.37. The van der Waals surface area contributed by atoms with E-state index < -0.39 is 0 Å². The zero-order valence-electron chi connectivity index (χ0n) is 9.92. The molecule has 92 valence electrons. The first kappa shape index (κ1) is 12.0. The van der Waals surface area contributed by atoms with Gasteiger partial charge in [0.05, 0.1) is 17.8 Å². The van der Waals surface area contributed by atoms with E-state index in [1.165, 1.54) is 0 Å². The Balaban J connectivity index is 2.03. The molecule has 2 heterocycles. The normalized spacial score (nSPS) is 10.1. The first-order chi connectivity index (χ1) is 8.66. The first-order valence-electron chi connectivity index (χ1n) is 5.44. The summed E-state index contributed by atoms with van der Waals surface area (Å²) in [6.07, 6.45) is 3.20. The molecule has 0 aliphatic carbocycles. The Morgan fingerprint density at radius 3 is 2.89 bits per heavy atom. The minimum absolute atomic E-state index is 0.217. The number of nitrogens with one attached hydrogen (secondary N) is 1. The lowest BCUT2D eigenvalue weighted by Gasteiger charge is -2.06. The lowest BCUT2D eigenvalue weighted by molar-refractivity contribution is 0.0951. The van der Waals surface area contributed by atoms with Gasteiger partial charge >= 0.3 is 0 Å². The summed E-state index contributed by atoms with van der Waals surface area (Å²) >= 11 is 0. The van der Waals surface area contributed by atoms with Gasteiger partial charge in [-0.05, 0) is 25.1 Å². The van der Waals surface area contributed by atoms with Crippen LogP contribution in [0.25, 0.3) is 0 Å². The molecule has 0 atom stereocenters. The summed E-state index contributed by atoms with van der Waals surface area (Å²) in [5, 5.41) is 2.73. The molecular weight excluding hydrogens is 230 g/mol. The van der Waals surface area contributed by atoms with Crippen LogP contribution < -0.4 is 11.1 Å². The molecular formula is C12H13N5O. The highest BCUT2D eigenvalue weighted by atomic mass is 16.1. The Bertz CT molecular complexity index is 570. The number of hydrogen-bond acceptors (Lipinski definition) is 5. The third-order valence-electron chi connectivity index (χ3n) is 2.35. The fourth-order valence-corrected chi connectivity index (χ4v) is 1.48. The summed E-state index contributed by atoms with van der Waals surface area (Å²) < 4.78 is 0. The Labute approximate surface area is 104 Å². The van der Waals surface area contributed by atoms with Crippen LogP contribution in [-0.2, 0) is 6.54 Å². The molecule has 0 fully saturated rings. The Morgan fingerprint density at radius 2 is 2.17 bits per heavy atom. The molecule has 2 aromatic heterocycles.